The molecule has 2 N–H and O–H groups in total. The van der Waals surface area contributed by atoms with Crippen molar-refractivity contribution in [2.24, 2.45) is 5.73 Å². The fourth-order valence-corrected chi connectivity index (χ4v) is 2.56. The first-order valence-corrected chi connectivity index (χ1v) is 8.18. The van der Waals surface area contributed by atoms with E-state index in [1.807, 2.05) is 24.3 Å². The van der Waals surface area contributed by atoms with Crippen LogP contribution in [-0.2, 0) is 18.0 Å². The van der Waals surface area contributed by atoms with Crippen molar-refractivity contribution in [2.45, 2.75) is 19.1 Å². The molecule has 136 valence electrons. The van der Waals surface area contributed by atoms with Gasteiger partial charge in [-0.15, -0.1) is 0 Å². The summed E-state index contributed by atoms with van der Waals surface area (Å²) in [5.74, 6) is 1.01. The maximum atomic E-state index is 13.1. The number of methoxy groups -OCH3 is 1. The lowest BCUT2D eigenvalue weighted by Gasteiger charge is -2.09. The van der Waals surface area contributed by atoms with E-state index in [1.54, 1.807) is 19.2 Å². The molecule has 3 rings (SSSR count). The number of rotatable bonds is 8. The van der Waals surface area contributed by atoms with Gasteiger partial charge in [0.2, 0.25) is 5.89 Å². The monoisotopic (exact) mass is 357 g/mol. The van der Waals surface area contributed by atoms with Crippen molar-refractivity contribution in [3.8, 4) is 5.75 Å². The minimum atomic E-state index is -0.304. The second kappa shape index (κ2) is 8.55. The minimum Gasteiger partial charge on any atom is -0.497 e. The summed E-state index contributed by atoms with van der Waals surface area (Å²) < 4.78 is 29.2. The molecule has 1 aromatic heterocycles. The second-order valence-electron chi connectivity index (χ2n) is 5.73. The molecule has 0 saturated carbocycles. The zero-order valence-corrected chi connectivity index (χ0v) is 14.4. The fraction of sp³-hybridized carbons (Fsp3) is 0.263. The van der Waals surface area contributed by atoms with Gasteiger partial charge in [0.25, 0.3) is 0 Å². The first-order chi connectivity index (χ1) is 12.7. The third-order valence-electron chi connectivity index (χ3n) is 3.92. The normalized spacial score (nSPS) is 12.1. The molecule has 0 spiro atoms. The van der Waals surface area contributed by atoms with Crippen LogP contribution in [0.4, 0.5) is 4.39 Å². The molecular formula is C19H20FN3O3. The number of benzene rings is 2. The quantitative estimate of drug-likeness (QED) is 0.667. The van der Waals surface area contributed by atoms with Crippen LogP contribution in [0.25, 0.3) is 0 Å². The van der Waals surface area contributed by atoms with Crippen LogP contribution < -0.4 is 10.5 Å². The van der Waals surface area contributed by atoms with Crippen LogP contribution in [0.3, 0.4) is 0 Å². The Bertz CT molecular complexity index is 836. The third kappa shape index (κ3) is 4.44. The number of nitrogens with two attached hydrogens (primary N) is 1. The maximum Gasteiger partial charge on any atom is 0.235 e. The van der Waals surface area contributed by atoms with Crippen LogP contribution in [0.15, 0.2) is 53.1 Å². The smallest absolute Gasteiger partial charge is 0.235 e. The number of nitrogens with zero attached hydrogens (tertiary/aromatic N) is 2. The Labute approximate surface area is 150 Å². The maximum absolute atomic E-state index is 13.1. The Morgan fingerprint density at radius 1 is 1.15 bits per heavy atom. The molecule has 1 atom stereocenters. The predicted octanol–water partition coefficient (Wildman–Crippen LogP) is 3.02. The highest BCUT2D eigenvalue weighted by Crippen LogP contribution is 2.22. The summed E-state index contributed by atoms with van der Waals surface area (Å²) in [5, 5.41) is 3.93. The van der Waals surface area contributed by atoms with E-state index in [1.165, 1.54) is 12.1 Å². The first kappa shape index (κ1) is 18.0. The van der Waals surface area contributed by atoms with Crippen molar-refractivity contribution in [3.05, 3.63) is 77.2 Å². The number of hydrogen-bond acceptors (Lipinski definition) is 6. The van der Waals surface area contributed by atoms with E-state index in [0.717, 1.165) is 16.9 Å². The van der Waals surface area contributed by atoms with Gasteiger partial charge < -0.3 is 19.7 Å². The van der Waals surface area contributed by atoms with E-state index >= 15 is 0 Å². The zero-order valence-electron chi connectivity index (χ0n) is 14.4. The summed E-state index contributed by atoms with van der Waals surface area (Å²) in [6.45, 7) is 0.888. The molecule has 0 aliphatic heterocycles. The Morgan fingerprint density at radius 2 is 1.96 bits per heavy atom. The van der Waals surface area contributed by atoms with E-state index in [-0.39, 0.29) is 24.9 Å². The van der Waals surface area contributed by atoms with Crippen molar-refractivity contribution in [1.29, 1.82) is 0 Å². The number of halogens is 1. The largest absolute Gasteiger partial charge is 0.497 e. The van der Waals surface area contributed by atoms with Crippen molar-refractivity contribution >= 4 is 0 Å². The standard InChI is InChI=1S/C19H20FN3O3/c1-24-16-4-2-3-13(9-16)11-25-12-18-22-19(26-23-18)17(10-21)14-5-7-15(20)8-6-14/h2-9,17H,10-12,21H2,1H3. The summed E-state index contributed by atoms with van der Waals surface area (Å²) in [4.78, 5) is 4.34. The highest BCUT2D eigenvalue weighted by atomic mass is 19.1. The predicted molar refractivity (Wildman–Crippen MR) is 93.1 cm³/mol. The molecule has 0 amide bonds. The molecule has 1 unspecified atom stereocenters. The van der Waals surface area contributed by atoms with Gasteiger partial charge in [0, 0.05) is 6.54 Å². The van der Waals surface area contributed by atoms with Gasteiger partial charge in [-0.1, -0.05) is 29.4 Å². The summed E-state index contributed by atoms with van der Waals surface area (Å²) in [5.41, 5.74) is 7.63. The molecule has 6 nitrogen and oxygen atoms in total. The van der Waals surface area contributed by atoms with Gasteiger partial charge in [-0.25, -0.2) is 4.39 Å². The first-order valence-electron chi connectivity index (χ1n) is 8.18. The van der Waals surface area contributed by atoms with Crippen LogP contribution in [0.2, 0.25) is 0 Å². The van der Waals surface area contributed by atoms with Gasteiger partial charge >= 0.3 is 0 Å². The van der Waals surface area contributed by atoms with Crippen LogP contribution in [0.1, 0.15) is 28.8 Å². The Balaban J connectivity index is 1.60. The topological polar surface area (TPSA) is 83.4 Å². The average Bonchev–Trinajstić information content (AvgIpc) is 3.12. The molecular weight excluding hydrogens is 337 g/mol. The summed E-state index contributed by atoms with van der Waals surface area (Å²) in [7, 11) is 1.62. The lowest BCUT2D eigenvalue weighted by molar-refractivity contribution is 0.0998. The zero-order chi connectivity index (χ0) is 18.4. The molecule has 0 radical (unpaired) electrons. The molecule has 3 aromatic rings. The average molecular weight is 357 g/mol. The number of hydrogen-bond donors (Lipinski definition) is 1. The van der Waals surface area contributed by atoms with Gasteiger partial charge in [0.15, 0.2) is 5.82 Å². The van der Waals surface area contributed by atoms with E-state index in [2.05, 4.69) is 10.1 Å². The lowest BCUT2D eigenvalue weighted by Crippen LogP contribution is -2.14. The van der Waals surface area contributed by atoms with E-state index < -0.39 is 0 Å². The molecule has 7 heteroatoms. The Morgan fingerprint density at radius 3 is 2.69 bits per heavy atom. The van der Waals surface area contributed by atoms with Gasteiger partial charge in [-0.3, -0.25) is 0 Å². The van der Waals surface area contributed by atoms with Crippen molar-refractivity contribution in [3.63, 3.8) is 0 Å². The van der Waals surface area contributed by atoms with E-state index in [4.69, 9.17) is 19.7 Å². The number of ether oxygens (including phenoxy) is 2. The molecule has 0 aliphatic carbocycles. The highest BCUT2D eigenvalue weighted by molar-refractivity contribution is 5.28. The highest BCUT2D eigenvalue weighted by Gasteiger charge is 2.20. The molecule has 1 heterocycles. The van der Waals surface area contributed by atoms with Gasteiger partial charge in [0.1, 0.15) is 18.2 Å². The van der Waals surface area contributed by atoms with Crippen LogP contribution in [-0.4, -0.2) is 23.8 Å². The van der Waals surface area contributed by atoms with Crippen LogP contribution >= 0.6 is 0 Å². The van der Waals surface area contributed by atoms with Gasteiger partial charge in [-0.2, -0.15) is 4.98 Å². The molecule has 26 heavy (non-hydrogen) atoms. The van der Waals surface area contributed by atoms with E-state index in [0.29, 0.717) is 18.3 Å². The summed E-state index contributed by atoms with van der Waals surface area (Å²) in [6, 6.07) is 13.7. The van der Waals surface area contributed by atoms with Crippen molar-refractivity contribution < 1.29 is 18.4 Å². The SMILES string of the molecule is COc1cccc(COCc2noc(C(CN)c3ccc(F)cc3)n2)c1. The van der Waals surface area contributed by atoms with Crippen LogP contribution in [0.5, 0.6) is 5.75 Å². The summed E-state index contributed by atoms with van der Waals surface area (Å²) in [6.07, 6.45) is 0. The molecule has 0 saturated heterocycles. The molecule has 0 bridgehead atoms. The van der Waals surface area contributed by atoms with Gasteiger partial charge in [0.05, 0.1) is 19.6 Å². The van der Waals surface area contributed by atoms with Crippen LogP contribution in [0, 0.1) is 5.82 Å². The second-order valence-corrected chi connectivity index (χ2v) is 5.73. The van der Waals surface area contributed by atoms with Gasteiger partial charge in [-0.05, 0) is 35.4 Å². The lowest BCUT2D eigenvalue weighted by atomic mass is 9.99. The minimum absolute atomic E-state index is 0.210. The summed E-state index contributed by atoms with van der Waals surface area (Å²) >= 11 is 0. The fourth-order valence-electron chi connectivity index (χ4n) is 2.56. The van der Waals surface area contributed by atoms with Crippen molar-refractivity contribution in [2.75, 3.05) is 13.7 Å². The Hall–Kier alpha value is -2.77. The molecule has 2 aromatic carbocycles. The van der Waals surface area contributed by atoms with E-state index in [9.17, 15) is 4.39 Å². The Kier molecular flexibility index (Phi) is 5.93. The third-order valence-corrected chi connectivity index (χ3v) is 3.92. The molecule has 0 aliphatic rings. The van der Waals surface area contributed by atoms with Crippen molar-refractivity contribution in [1.82, 2.24) is 10.1 Å². The molecule has 0 fully saturated rings. The number of aromatic nitrogens is 2.